The van der Waals surface area contributed by atoms with Crippen LogP contribution in [-0.2, 0) is 14.3 Å². The number of methoxy groups -OCH3 is 2. The highest BCUT2D eigenvalue weighted by molar-refractivity contribution is 6.37. The van der Waals surface area contributed by atoms with Gasteiger partial charge in [0.1, 0.15) is 5.71 Å². The van der Waals surface area contributed by atoms with E-state index in [4.69, 9.17) is 9.47 Å². The quantitative estimate of drug-likeness (QED) is 0.815. The largest absolute Gasteiger partial charge is 0.465 e. The summed E-state index contributed by atoms with van der Waals surface area (Å²) in [4.78, 5) is 23.6. The van der Waals surface area contributed by atoms with Crippen molar-refractivity contribution in [3.63, 3.8) is 0 Å². The Morgan fingerprint density at radius 1 is 1.27 bits per heavy atom. The standard InChI is InChI=1S/C15H18N2O5/c1-21-14(19)11-5-3-4-6-13(11)17-10(7-8-18)9-12(16-17)15(20)22-2/h3-6,10,18H,7-9H2,1-2H3/t10-/m1/s1. The molecule has 0 aromatic heterocycles. The van der Waals surface area contributed by atoms with Crippen molar-refractivity contribution in [1.82, 2.24) is 0 Å². The summed E-state index contributed by atoms with van der Waals surface area (Å²) in [6.07, 6.45) is 0.766. The Bertz CT molecular complexity index is 599. The molecular formula is C15H18N2O5. The van der Waals surface area contributed by atoms with Gasteiger partial charge in [-0.05, 0) is 18.6 Å². The summed E-state index contributed by atoms with van der Waals surface area (Å²) in [6, 6.07) is 6.62. The summed E-state index contributed by atoms with van der Waals surface area (Å²) < 4.78 is 9.47. The maximum absolute atomic E-state index is 11.9. The molecule has 1 heterocycles. The van der Waals surface area contributed by atoms with Gasteiger partial charge >= 0.3 is 11.9 Å². The van der Waals surface area contributed by atoms with Gasteiger partial charge in [-0.15, -0.1) is 0 Å². The average molecular weight is 306 g/mol. The van der Waals surface area contributed by atoms with Gasteiger partial charge in [0.2, 0.25) is 0 Å². The van der Waals surface area contributed by atoms with E-state index in [2.05, 4.69) is 5.10 Å². The van der Waals surface area contributed by atoms with Gasteiger partial charge in [-0.2, -0.15) is 5.10 Å². The molecule has 0 bridgehead atoms. The number of aliphatic hydroxyl groups excluding tert-OH is 1. The lowest BCUT2D eigenvalue weighted by atomic mass is 10.1. The van der Waals surface area contributed by atoms with Crippen molar-refractivity contribution >= 4 is 23.3 Å². The number of hydrogen-bond donors (Lipinski definition) is 1. The van der Waals surface area contributed by atoms with Gasteiger partial charge in [0.25, 0.3) is 0 Å². The summed E-state index contributed by atoms with van der Waals surface area (Å²) in [7, 11) is 2.59. The van der Waals surface area contributed by atoms with Crippen LogP contribution in [0.25, 0.3) is 0 Å². The third-order valence-corrected chi connectivity index (χ3v) is 3.44. The minimum absolute atomic E-state index is 0.0501. The van der Waals surface area contributed by atoms with Gasteiger partial charge in [0.05, 0.1) is 31.5 Å². The minimum atomic E-state index is -0.513. The van der Waals surface area contributed by atoms with Gasteiger partial charge in [-0.3, -0.25) is 5.01 Å². The number of aliphatic hydroxyl groups is 1. The maximum Gasteiger partial charge on any atom is 0.354 e. The highest BCUT2D eigenvalue weighted by atomic mass is 16.5. The van der Waals surface area contributed by atoms with Gasteiger partial charge in [0.15, 0.2) is 0 Å². The molecule has 1 aromatic carbocycles. The monoisotopic (exact) mass is 306 g/mol. The van der Waals surface area contributed by atoms with Crippen molar-refractivity contribution in [2.45, 2.75) is 18.9 Å². The number of ether oxygens (including phenoxy) is 2. The third-order valence-electron chi connectivity index (χ3n) is 3.44. The van der Waals surface area contributed by atoms with Gasteiger partial charge in [0, 0.05) is 13.0 Å². The number of para-hydroxylation sites is 1. The number of anilines is 1. The molecule has 1 aliphatic rings. The lowest BCUT2D eigenvalue weighted by Gasteiger charge is -2.24. The second kappa shape index (κ2) is 7.04. The van der Waals surface area contributed by atoms with Crippen molar-refractivity contribution < 1.29 is 24.2 Å². The molecule has 0 aliphatic carbocycles. The topological polar surface area (TPSA) is 88.4 Å². The summed E-state index contributed by atoms with van der Waals surface area (Å²) in [5.74, 6) is -0.999. The zero-order valence-corrected chi connectivity index (χ0v) is 12.5. The number of carbonyl (C=O) groups is 2. The molecule has 0 saturated carbocycles. The highest BCUT2D eigenvalue weighted by Crippen LogP contribution is 2.30. The first-order valence-corrected chi connectivity index (χ1v) is 6.85. The molecule has 22 heavy (non-hydrogen) atoms. The molecule has 118 valence electrons. The van der Waals surface area contributed by atoms with Crippen LogP contribution in [0, 0.1) is 0 Å². The van der Waals surface area contributed by atoms with Crippen LogP contribution in [0.3, 0.4) is 0 Å². The first kappa shape index (κ1) is 16.0. The summed E-state index contributed by atoms with van der Waals surface area (Å²) >= 11 is 0. The molecule has 0 fully saturated rings. The fourth-order valence-corrected chi connectivity index (χ4v) is 2.38. The molecule has 0 saturated heterocycles. The molecular weight excluding hydrogens is 288 g/mol. The fourth-order valence-electron chi connectivity index (χ4n) is 2.38. The molecule has 1 aliphatic heterocycles. The molecule has 2 rings (SSSR count). The number of hydrogen-bond acceptors (Lipinski definition) is 7. The normalized spacial score (nSPS) is 17.1. The Kier molecular flexibility index (Phi) is 5.11. The zero-order chi connectivity index (χ0) is 16.1. The SMILES string of the molecule is COC(=O)C1=NN(c2ccccc2C(=O)OC)[C@H](CCO)C1. The van der Waals surface area contributed by atoms with E-state index in [1.807, 2.05) is 0 Å². The van der Waals surface area contributed by atoms with E-state index in [1.165, 1.54) is 14.2 Å². The number of carbonyl (C=O) groups excluding carboxylic acids is 2. The predicted molar refractivity (Wildman–Crippen MR) is 79.8 cm³/mol. The van der Waals surface area contributed by atoms with Crippen molar-refractivity contribution in [2.24, 2.45) is 5.10 Å². The van der Waals surface area contributed by atoms with E-state index in [9.17, 15) is 14.7 Å². The molecule has 1 aromatic rings. The van der Waals surface area contributed by atoms with Crippen LogP contribution in [0.1, 0.15) is 23.2 Å². The van der Waals surface area contributed by atoms with E-state index in [0.717, 1.165) is 0 Å². The van der Waals surface area contributed by atoms with E-state index >= 15 is 0 Å². The molecule has 7 nitrogen and oxygen atoms in total. The maximum atomic E-state index is 11.9. The van der Waals surface area contributed by atoms with Crippen LogP contribution in [0.15, 0.2) is 29.4 Å². The van der Waals surface area contributed by atoms with Crippen LogP contribution in [0.2, 0.25) is 0 Å². The van der Waals surface area contributed by atoms with E-state index in [1.54, 1.807) is 29.3 Å². The van der Waals surface area contributed by atoms with Crippen molar-refractivity contribution in [3.8, 4) is 0 Å². The minimum Gasteiger partial charge on any atom is -0.465 e. The van der Waals surface area contributed by atoms with Gasteiger partial charge in [-0.25, -0.2) is 9.59 Å². The van der Waals surface area contributed by atoms with Crippen LogP contribution >= 0.6 is 0 Å². The second-order valence-electron chi connectivity index (χ2n) is 4.76. The van der Waals surface area contributed by atoms with Crippen molar-refractivity contribution in [1.29, 1.82) is 0 Å². The zero-order valence-electron chi connectivity index (χ0n) is 12.5. The number of hydrazone groups is 1. The lowest BCUT2D eigenvalue weighted by Crippen LogP contribution is -2.29. The molecule has 0 radical (unpaired) electrons. The predicted octanol–water partition coefficient (Wildman–Crippen LogP) is 0.963. The molecule has 1 N–H and O–H groups in total. The third kappa shape index (κ3) is 3.09. The van der Waals surface area contributed by atoms with Crippen molar-refractivity contribution in [2.75, 3.05) is 25.8 Å². The number of rotatable bonds is 5. The smallest absolute Gasteiger partial charge is 0.354 e. The Hall–Kier alpha value is -2.41. The summed E-state index contributed by atoms with van der Waals surface area (Å²) in [6.45, 7) is -0.0501. The number of esters is 2. The fraction of sp³-hybridized carbons (Fsp3) is 0.400. The first-order chi connectivity index (χ1) is 10.6. The van der Waals surface area contributed by atoms with Gasteiger partial charge in [-0.1, -0.05) is 12.1 Å². The van der Waals surface area contributed by atoms with Gasteiger partial charge < -0.3 is 14.6 Å². The Balaban J connectivity index is 2.41. The second-order valence-corrected chi connectivity index (χ2v) is 4.76. The van der Waals surface area contributed by atoms with Crippen LogP contribution < -0.4 is 5.01 Å². The van der Waals surface area contributed by atoms with Crippen LogP contribution in [0.5, 0.6) is 0 Å². The Morgan fingerprint density at radius 3 is 2.59 bits per heavy atom. The molecule has 7 heteroatoms. The lowest BCUT2D eigenvalue weighted by molar-refractivity contribution is -0.132. The van der Waals surface area contributed by atoms with Crippen LogP contribution in [-0.4, -0.2) is 49.6 Å². The molecule has 0 spiro atoms. The number of benzene rings is 1. The van der Waals surface area contributed by atoms with E-state index in [-0.39, 0.29) is 18.4 Å². The summed E-state index contributed by atoms with van der Waals surface area (Å²) in [5, 5.41) is 15.1. The Morgan fingerprint density at radius 2 is 1.95 bits per heavy atom. The first-order valence-electron chi connectivity index (χ1n) is 6.85. The van der Waals surface area contributed by atoms with Crippen LogP contribution in [0.4, 0.5) is 5.69 Å². The Labute approximate surface area is 128 Å². The molecule has 0 unspecified atom stereocenters. The highest BCUT2D eigenvalue weighted by Gasteiger charge is 2.33. The molecule has 0 amide bonds. The summed E-state index contributed by atoms with van der Waals surface area (Å²) in [5.41, 5.74) is 1.15. The average Bonchev–Trinajstić information content (AvgIpc) is 2.97. The van der Waals surface area contributed by atoms with E-state index < -0.39 is 11.9 Å². The van der Waals surface area contributed by atoms with E-state index in [0.29, 0.717) is 24.1 Å². The van der Waals surface area contributed by atoms with Crippen molar-refractivity contribution in [3.05, 3.63) is 29.8 Å². The number of nitrogens with zero attached hydrogens (tertiary/aromatic N) is 2. The molecule has 1 atom stereocenters.